The molecule has 4 heterocycles. The summed E-state index contributed by atoms with van der Waals surface area (Å²) >= 11 is 0. The van der Waals surface area contributed by atoms with Gasteiger partial charge in [0, 0.05) is 64.7 Å². The molecule has 0 spiro atoms. The van der Waals surface area contributed by atoms with Crippen LogP contribution in [0.1, 0.15) is 25.1 Å². The summed E-state index contributed by atoms with van der Waals surface area (Å²) in [7, 11) is 0. The summed E-state index contributed by atoms with van der Waals surface area (Å²) in [5.41, 5.74) is 1.36. The lowest BCUT2D eigenvalue weighted by Crippen LogP contribution is -2.48. The average Bonchev–Trinajstić information content (AvgIpc) is 3.34. The van der Waals surface area contributed by atoms with Gasteiger partial charge < -0.3 is 40.9 Å². The first-order valence-corrected chi connectivity index (χ1v) is 13.9. The van der Waals surface area contributed by atoms with Gasteiger partial charge in [-0.15, -0.1) is 0 Å². The molecule has 2 aromatic heterocycles. The molecule has 2 fully saturated rings. The van der Waals surface area contributed by atoms with Gasteiger partial charge in [0.05, 0.1) is 55.3 Å². The van der Waals surface area contributed by atoms with Gasteiger partial charge in [-0.05, 0) is 17.7 Å². The first kappa shape index (κ1) is 31.7. The Hall–Kier alpha value is -3.24. The van der Waals surface area contributed by atoms with Crippen molar-refractivity contribution >= 4 is 11.8 Å². The highest BCUT2D eigenvalue weighted by Gasteiger charge is 2.50. The van der Waals surface area contributed by atoms with Crippen molar-refractivity contribution < 1.29 is 39.9 Å². The Balaban J connectivity index is 1.56. The molecule has 42 heavy (non-hydrogen) atoms. The number of likely N-dealkylation sites (tertiary alicyclic amines) is 2. The Kier molecular flexibility index (Phi) is 10.8. The molecule has 2 saturated heterocycles. The van der Waals surface area contributed by atoms with Crippen molar-refractivity contribution in [1.29, 1.82) is 0 Å². The lowest BCUT2D eigenvalue weighted by atomic mass is 10.1. The first-order valence-electron chi connectivity index (χ1n) is 13.9. The number of ether oxygens (including phenoxy) is 1. The van der Waals surface area contributed by atoms with Crippen LogP contribution >= 0.6 is 0 Å². The summed E-state index contributed by atoms with van der Waals surface area (Å²) in [6, 6.07) is 4.34. The monoisotopic (exact) mass is 588 g/mol. The van der Waals surface area contributed by atoms with Crippen LogP contribution in [0.5, 0.6) is 5.75 Å². The number of nitrogens with one attached hydrogen (secondary N) is 2. The largest absolute Gasteiger partial charge is 0.486 e. The minimum atomic E-state index is -1.22. The van der Waals surface area contributed by atoms with Crippen molar-refractivity contribution in [1.82, 2.24) is 30.4 Å². The summed E-state index contributed by atoms with van der Waals surface area (Å²) in [5, 5.41) is 58.0. The number of aromatic nitrogens is 2. The molecule has 0 saturated carbocycles. The smallest absolute Gasteiger partial charge is 0.216 e. The van der Waals surface area contributed by atoms with E-state index in [0.717, 1.165) is 5.56 Å². The summed E-state index contributed by atoms with van der Waals surface area (Å²) in [5.74, 6) is -0.165. The Morgan fingerprint density at radius 3 is 2.10 bits per heavy atom. The summed E-state index contributed by atoms with van der Waals surface area (Å²) < 4.78 is 6.31. The highest BCUT2D eigenvalue weighted by Crippen LogP contribution is 2.32. The number of carbonyl (C=O) groups is 2. The molecule has 0 aliphatic carbocycles. The predicted octanol–water partition coefficient (Wildman–Crippen LogP) is -2.63. The third kappa shape index (κ3) is 7.21. The maximum absolute atomic E-state index is 11.8. The molecule has 14 nitrogen and oxygen atoms in total. The fourth-order valence-electron chi connectivity index (χ4n) is 5.84. The number of nitrogens with zero attached hydrogens (tertiary/aromatic N) is 4. The number of hydrogen-bond donors (Lipinski definition) is 7. The molecule has 14 heteroatoms. The van der Waals surface area contributed by atoms with Crippen molar-refractivity contribution in [3.8, 4) is 5.75 Å². The van der Waals surface area contributed by atoms with Crippen LogP contribution in [0.15, 0.2) is 42.9 Å². The Labute approximate surface area is 244 Å². The van der Waals surface area contributed by atoms with Crippen LogP contribution in [0.3, 0.4) is 0 Å². The van der Waals surface area contributed by atoms with E-state index in [9.17, 15) is 35.1 Å². The van der Waals surface area contributed by atoms with Gasteiger partial charge in [0.25, 0.3) is 0 Å². The summed E-state index contributed by atoms with van der Waals surface area (Å²) in [6.07, 6.45) is 0.536. The minimum absolute atomic E-state index is 0.0641. The second kappa shape index (κ2) is 14.3. The third-order valence-electron chi connectivity index (χ3n) is 7.94. The van der Waals surface area contributed by atoms with Gasteiger partial charge in [-0.2, -0.15) is 0 Å². The predicted molar refractivity (Wildman–Crippen MR) is 149 cm³/mol. The number of carbonyl (C=O) groups excluding carboxylic acids is 2. The highest BCUT2D eigenvalue weighted by molar-refractivity contribution is 5.73. The van der Waals surface area contributed by atoms with Crippen LogP contribution in [0.25, 0.3) is 0 Å². The van der Waals surface area contributed by atoms with E-state index in [1.54, 1.807) is 35.5 Å². The molecule has 230 valence electrons. The zero-order valence-electron chi connectivity index (χ0n) is 23.7. The van der Waals surface area contributed by atoms with E-state index in [1.165, 1.54) is 20.0 Å². The molecule has 8 atom stereocenters. The molecule has 4 rings (SSSR count). The number of aliphatic hydroxyl groups is 5. The molecule has 2 amide bonds. The maximum Gasteiger partial charge on any atom is 0.216 e. The van der Waals surface area contributed by atoms with Gasteiger partial charge in [-0.25, -0.2) is 0 Å². The zero-order chi connectivity index (χ0) is 30.4. The SMILES string of the molecule is CC(=O)NC[C@@H]1[C@@H](O)[C@H](O)[C@@H](CO)N1Cc1cc(O[C@H]2[C@H](O)[C@@H](CO)N(Cc3cccnc3)[C@@H]2CNC(C)=O)ccn1. The molecule has 2 aliphatic heterocycles. The lowest BCUT2D eigenvalue weighted by Gasteiger charge is -2.30. The fraction of sp³-hybridized carbons (Fsp3) is 0.571. The van der Waals surface area contributed by atoms with E-state index in [1.807, 2.05) is 11.0 Å². The number of amides is 2. The van der Waals surface area contributed by atoms with Crippen LogP contribution in [0.2, 0.25) is 0 Å². The quantitative estimate of drug-likeness (QED) is 0.136. The summed E-state index contributed by atoms with van der Waals surface area (Å²) in [6.45, 7) is 2.71. The minimum Gasteiger partial charge on any atom is -0.486 e. The second-order valence-corrected chi connectivity index (χ2v) is 10.8. The molecule has 0 unspecified atom stereocenters. The number of aliphatic hydroxyl groups excluding tert-OH is 5. The van der Waals surface area contributed by atoms with Gasteiger partial charge in [-0.1, -0.05) is 6.07 Å². The average molecular weight is 589 g/mol. The molecule has 2 aromatic rings. The number of hydrogen-bond acceptors (Lipinski definition) is 12. The van der Waals surface area contributed by atoms with Crippen LogP contribution in [0, 0.1) is 0 Å². The van der Waals surface area contributed by atoms with E-state index in [4.69, 9.17) is 4.74 Å². The molecule has 2 aliphatic rings. The van der Waals surface area contributed by atoms with Gasteiger partial charge >= 0.3 is 0 Å². The van der Waals surface area contributed by atoms with Crippen LogP contribution in [-0.2, 0) is 22.7 Å². The number of pyridine rings is 2. The van der Waals surface area contributed by atoms with E-state index >= 15 is 0 Å². The maximum atomic E-state index is 11.8. The van der Waals surface area contributed by atoms with Crippen molar-refractivity contribution in [2.75, 3.05) is 26.3 Å². The second-order valence-electron chi connectivity index (χ2n) is 10.8. The van der Waals surface area contributed by atoms with E-state index < -0.39 is 55.2 Å². The molecule has 0 aromatic carbocycles. The standard InChI is InChI=1S/C28H40N6O8/c1-16(37)31-10-21-25(39)26(40)23(14-35)34(21)13-19-8-20(5-7-30-19)42-28-22(11-32-17(2)38)33(24(15-36)27(28)41)12-18-4-3-6-29-9-18/h3-9,21-28,35-36,39-41H,10-15H2,1-2H3,(H,31,37)(H,32,38)/t21-,22-,23-,24-,25-,26-,27-,28-/m1/s1. The highest BCUT2D eigenvalue weighted by atomic mass is 16.5. The molecule has 0 bridgehead atoms. The van der Waals surface area contributed by atoms with E-state index in [2.05, 4.69) is 20.6 Å². The normalized spacial score (nSPS) is 29.9. The van der Waals surface area contributed by atoms with Crippen molar-refractivity contribution in [3.63, 3.8) is 0 Å². The van der Waals surface area contributed by atoms with Crippen molar-refractivity contribution in [2.45, 2.75) is 75.5 Å². The Morgan fingerprint density at radius 2 is 1.48 bits per heavy atom. The topological polar surface area (TPSA) is 201 Å². The van der Waals surface area contributed by atoms with Gasteiger partial charge in [-0.3, -0.25) is 29.4 Å². The Morgan fingerprint density at radius 1 is 0.857 bits per heavy atom. The van der Waals surface area contributed by atoms with E-state index in [-0.39, 0.29) is 38.1 Å². The van der Waals surface area contributed by atoms with E-state index in [0.29, 0.717) is 18.0 Å². The molecular formula is C28H40N6O8. The van der Waals surface area contributed by atoms with Gasteiger partial charge in [0.1, 0.15) is 18.0 Å². The first-order chi connectivity index (χ1) is 20.1. The van der Waals surface area contributed by atoms with Crippen molar-refractivity contribution in [3.05, 3.63) is 54.1 Å². The van der Waals surface area contributed by atoms with Crippen LogP contribution in [-0.4, -0.2) is 132 Å². The molecular weight excluding hydrogens is 548 g/mol. The number of rotatable bonds is 12. The van der Waals surface area contributed by atoms with Crippen molar-refractivity contribution in [2.24, 2.45) is 0 Å². The van der Waals surface area contributed by atoms with Crippen LogP contribution in [0.4, 0.5) is 0 Å². The molecule has 0 radical (unpaired) electrons. The van der Waals surface area contributed by atoms with Gasteiger partial charge in [0.2, 0.25) is 11.8 Å². The van der Waals surface area contributed by atoms with Crippen LogP contribution < -0.4 is 15.4 Å². The Bertz CT molecular complexity index is 1190. The van der Waals surface area contributed by atoms with Gasteiger partial charge in [0.15, 0.2) is 0 Å². The fourth-order valence-corrected chi connectivity index (χ4v) is 5.84. The lowest BCUT2D eigenvalue weighted by molar-refractivity contribution is -0.120. The third-order valence-corrected chi connectivity index (χ3v) is 7.94. The molecule has 7 N–H and O–H groups in total. The summed E-state index contributed by atoms with van der Waals surface area (Å²) in [4.78, 5) is 35.4. The zero-order valence-corrected chi connectivity index (χ0v) is 23.7.